The predicted octanol–water partition coefficient (Wildman–Crippen LogP) is 0.878. The van der Waals surface area contributed by atoms with Crippen LogP contribution in [0.1, 0.15) is 33.1 Å². The van der Waals surface area contributed by atoms with Gasteiger partial charge in [-0.15, -0.1) is 0 Å². The van der Waals surface area contributed by atoms with E-state index in [1.54, 1.807) is 6.92 Å². The van der Waals surface area contributed by atoms with Crippen LogP contribution >= 0.6 is 0 Å². The van der Waals surface area contributed by atoms with Crippen molar-refractivity contribution in [1.29, 1.82) is 0 Å². The lowest BCUT2D eigenvalue weighted by Gasteiger charge is -2.18. The summed E-state index contributed by atoms with van der Waals surface area (Å²) >= 11 is 0. The molecule has 0 aromatic heterocycles. The maximum atomic E-state index is 11.4. The van der Waals surface area contributed by atoms with Gasteiger partial charge in [0.25, 0.3) is 0 Å². The Morgan fingerprint density at radius 1 is 1.36 bits per heavy atom. The van der Waals surface area contributed by atoms with Crippen LogP contribution in [0.3, 0.4) is 0 Å². The second-order valence-corrected chi connectivity index (χ2v) is 3.66. The number of carbonyl (C=O) groups excluding carboxylic acids is 3. The summed E-state index contributed by atoms with van der Waals surface area (Å²) in [5.74, 6) is -0.760. The fourth-order valence-corrected chi connectivity index (χ4v) is 1.63. The largest absolute Gasteiger partial charge is 0.466 e. The van der Waals surface area contributed by atoms with E-state index >= 15 is 0 Å². The molecule has 1 fully saturated rings. The van der Waals surface area contributed by atoms with Gasteiger partial charge in [-0.3, -0.25) is 14.4 Å². The molecule has 0 N–H and O–H groups in total. The lowest BCUT2D eigenvalue weighted by atomic mass is 9.83. The van der Waals surface area contributed by atoms with E-state index in [-0.39, 0.29) is 37.4 Å². The first kappa shape index (κ1) is 10.9. The molecule has 4 nitrogen and oxygen atoms in total. The number of ketones is 2. The van der Waals surface area contributed by atoms with Gasteiger partial charge in [0.1, 0.15) is 11.6 Å². The van der Waals surface area contributed by atoms with Crippen LogP contribution in [-0.4, -0.2) is 24.1 Å². The highest BCUT2D eigenvalue weighted by molar-refractivity contribution is 6.14. The summed E-state index contributed by atoms with van der Waals surface area (Å²) in [5.41, 5.74) is -1.12. The molecule has 0 atom stereocenters. The van der Waals surface area contributed by atoms with Gasteiger partial charge in [0.2, 0.25) is 0 Å². The first-order chi connectivity index (χ1) is 6.50. The first-order valence-corrected chi connectivity index (χ1v) is 4.73. The Balaban J connectivity index is 2.69. The Labute approximate surface area is 82.6 Å². The smallest absolute Gasteiger partial charge is 0.307 e. The summed E-state index contributed by atoms with van der Waals surface area (Å²) in [6.07, 6.45) is 0.405. The zero-order chi connectivity index (χ0) is 10.8. The SMILES string of the molecule is CCOC(=O)CC1(C)C(=O)CCC1=O. The summed E-state index contributed by atoms with van der Waals surface area (Å²) in [5, 5.41) is 0. The van der Waals surface area contributed by atoms with Gasteiger partial charge in [-0.1, -0.05) is 0 Å². The van der Waals surface area contributed by atoms with Crippen molar-refractivity contribution < 1.29 is 19.1 Å². The number of hydrogen-bond donors (Lipinski definition) is 0. The quantitative estimate of drug-likeness (QED) is 0.499. The number of rotatable bonds is 3. The second-order valence-electron chi connectivity index (χ2n) is 3.66. The van der Waals surface area contributed by atoms with Crippen molar-refractivity contribution in [3.05, 3.63) is 0 Å². The molecule has 0 amide bonds. The third kappa shape index (κ3) is 1.84. The van der Waals surface area contributed by atoms with Gasteiger partial charge in [-0.25, -0.2) is 0 Å². The molecule has 14 heavy (non-hydrogen) atoms. The first-order valence-electron chi connectivity index (χ1n) is 4.73. The molecule has 0 aliphatic heterocycles. The maximum Gasteiger partial charge on any atom is 0.307 e. The molecule has 0 heterocycles. The molecule has 1 rings (SSSR count). The molecular formula is C10H14O4. The van der Waals surface area contributed by atoms with Crippen LogP contribution in [0.4, 0.5) is 0 Å². The van der Waals surface area contributed by atoms with E-state index in [1.807, 2.05) is 0 Å². The minimum absolute atomic E-state index is 0.113. The van der Waals surface area contributed by atoms with Crippen LogP contribution in [0.25, 0.3) is 0 Å². The van der Waals surface area contributed by atoms with Gasteiger partial charge in [0.15, 0.2) is 0 Å². The van der Waals surface area contributed by atoms with Gasteiger partial charge >= 0.3 is 5.97 Å². The number of hydrogen-bond acceptors (Lipinski definition) is 4. The third-order valence-corrected chi connectivity index (χ3v) is 2.61. The molecule has 1 saturated carbocycles. The summed E-state index contributed by atoms with van der Waals surface area (Å²) in [7, 11) is 0. The highest BCUT2D eigenvalue weighted by Crippen LogP contribution is 2.34. The van der Waals surface area contributed by atoms with E-state index in [4.69, 9.17) is 4.74 Å². The van der Waals surface area contributed by atoms with Crippen molar-refractivity contribution in [2.75, 3.05) is 6.61 Å². The molecule has 78 valence electrons. The number of ether oxygens (including phenoxy) is 1. The fourth-order valence-electron chi connectivity index (χ4n) is 1.63. The van der Waals surface area contributed by atoms with E-state index in [2.05, 4.69) is 0 Å². The zero-order valence-electron chi connectivity index (χ0n) is 8.46. The summed E-state index contributed by atoms with van der Waals surface area (Å²) in [6.45, 7) is 3.50. The molecule has 4 heteroatoms. The normalized spacial score (nSPS) is 19.9. The van der Waals surface area contributed by atoms with Gasteiger partial charge in [-0.2, -0.15) is 0 Å². The Bertz CT molecular complexity index is 264. The summed E-state index contributed by atoms with van der Waals surface area (Å²) in [6, 6.07) is 0. The van der Waals surface area contributed by atoms with Crippen molar-refractivity contribution in [1.82, 2.24) is 0 Å². The average Bonchev–Trinajstić information content (AvgIpc) is 2.34. The van der Waals surface area contributed by atoms with E-state index in [0.29, 0.717) is 0 Å². The molecule has 0 aromatic carbocycles. The van der Waals surface area contributed by atoms with Crippen LogP contribution in [-0.2, 0) is 19.1 Å². The van der Waals surface area contributed by atoms with Gasteiger partial charge in [0, 0.05) is 12.8 Å². The minimum atomic E-state index is -1.12. The van der Waals surface area contributed by atoms with Gasteiger partial charge < -0.3 is 4.74 Å². The molecule has 0 aromatic rings. The molecule has 0 spiro atoms. The summed E-state index contributed by atoms with van der Waals surface area (Å²) < 4.78 is 4.72. The number of esters is 1. The van der Waals surface area contributed by atoms with E-state index in [1.165, 1.54) is 6.92 Å². The molecule has 0 radical (unpaired) electrons. The third-order valence-electron chi connectivity index (χ3n) is 2.61. The van der Waals surface area contributed by atoms with E-state index in [0.717, 1.165) is 0 Å². The molecule has 1 aliphatic carbocycles. The molecule has 0 saturated heterocycles. The van der Waals surface area contributed by atoms with Crippen LogP contribution in [0.15, 0.2) is 0 Å². The van der Waals surface area contributed by atoms with Crippen molar-refractivity contribution in [3.63, 3.8) is 0 Å². The van der Waals surface area contributed by atoms with E-state index < -0.39 is 11.4 Å². The monoisotopic (exact) mass is 198 g/mol. The van der Waals surface area contributed by atoms with Crippen molar-refractivity contribution in [2.24, 2.45) is 5.41 Å². The molecule has 1 aliphatic rings. The Hall–Kier alpha value is -1.19. The molecular weight excluding hydrogens is 184 g/mol. The number of Topliss-reactive ketones (excluding diaryl/α,β-unsaturated/α-hetero) is 2. The van der Waals surface area contributed by atoms with Crippen molar-refractivity contribution in [3.8, 4) is 0 Å². The standard InChI is InChI=1S/C10H14O4/c1-3-14-9(13)6-10(2)7(11)4-5-8(10)12/h3-6H2,1-2H3. The fraction of sp³-hybridized carbons (Fsp3) is 0.700. The molecule has 0 unspecified atom stereocenters. The van der Waals surface area contributed by atoms with E-state index in [9.17, 15) is 14.4 Å². The summed E-state index contributed by atoms with van der Waals surface area (Å²) in [4.78, 5) is 34.0. The Morgan fingerprint density at radius 2 is 1.86 bits per heavy atom. The van der Waals surface area contributed by atoms with Crippen LogP contribution in [0.5, 0.6) is 0 Å². The highest BCUT2D eigenvalue weighted by atomic mass is 16.5. The van der Waals surface area contributed by atoms with Crippen LogP contribution < -0.4 is 0 Å². The predicted molar refractivity (Wildman–Crippen MR) is 48.6 cm³/mol. The average molecular weight is 198 g/mol. The Morgan fingerprint density at radius 3 is 2.29 bits per heavy atom. The Kier molecular flexibility index (Phi) is 3.03. The number of carbonyl (C=O) groups is 3. The second kappa shape index (κ2) is 3.90. The minimum Gasteiger partial charge on any atom is -0.466 e. The molecule has 0 bridgehead atoms. The zero-order valence-corrected chi connectivity index (χ0v) is 8.46. The topological polar surface area (TPSA) is 60.4 Å². The highest BCUT2D eigenvalue weighted by Gasteiger charge is 2.46. The lowest BCUT2D eigenvalue weighted by Crippen LogP contribution is -2.32. The van der Waals surface area contributed by atoms with Gasteiger partial charge in [-0.05, 0) is 13.8 Å². The maximum absolute atomic E-state index is 11.4. The van der Waals surface area contributed by atoms with Gasteiger partial charge in [0.05, 0.1) is 18.4 Å². The van der Waals surface area contributed by atoms with Crippen LogP contribution in [0, 0.1) is 5.41 Å². The van der Waals surface area contributed by atoms with Crippen molar-refractivity contribution in [2.45, 2.75) is 33.1 Å². The van der Waals surface area contributed by atoms with Crippen molar-refractivity contribution >= 4 is 17.5 Å². The lowest BCUT2D eigenvalue weighted by molar-refractivity contribution is -0.151. The van der Waals surface area contributed by atoms with Crippen LogP contribution in [0.2, 0.25) is 0 Å².